The van der Waals surface area contributed by atoms with E-state index in [-0.39, 0.29) is 18.5 Å². The van der Waals surface area contributed by atoms with E-state index < -0.39 is 12.1 Å². The van der Waals surface area contributed by atoms with Crippen molar-refractivity contribution in [3.8, 4) is 0 Å². The normalized spacial score (nSPS) is 12.8. The van der Waals surface area contributed by atoms with Crippen LogP contribution in [0.5, 0.6) is 0 Å². The van der Waals surface area contributed by atoms with Crippen molar-refractivity contribution in [1.82, 2.24) is 5.32 Å². The van der Waals surface area contributed by atoms with Gasteiger partial charge in [0.1, 0.15) is 0 Å². The Bertz CT molecular complexity index is 997. The number of carbonyl (C=O) groups excluding carboxylic acids is 2. The van der Waals surface area contributed by atoms with Crippen LogP contribution >= 0.6 is 0 Å². The van der Waals surface area contributed by atoms with Gasteiger partial charge in [-0.2, -0.15) is 0 Å². The number of aliphatic hydroxyl groups is 2. The Morgan fingerprint density at radius 3 is 1.16 bits per heavy atom. The highest BCUT2D eigenvalue weighted by molar-refractivity contribution is 5.76. The molecule has 1 amide bonds. The van der Waals surface area contributed by atoms with Crippen molar-refractivity contribution in [2.75, 3.05) is 13.2 Å². The molecule has 378 valence electrons. The van der Waals surface area contributed by atoms with E-state index >= 15 is 0 Å². The monoisotopic (exact) mass is 902 g/mol. The van der Waals surface area contributed by atoms with E-state index in [0.29, 0.717) is 19.4 Å². The van der Waals surface area contributed by atoms with Gasteiger partial charge in [0, 0.05) is 12.8 Å². The van der Waals surface area contributed by atoms with Crippen LogP contribution in [0.25, 0.3) is 0 Å². The first-order valence-corrected chi connectivity index (χ1v) is 28.6. The third kappa shape index (κ3) is 49.8. The second-order valence-corrected chi connectivity index (χ2v) is 19.6. The number of rotatable bonds is 53. The molecule has 0 rings (SSSR count). The number of amides is 1. The highest BCUT2D eigenvalue weighted by Crippen LogP contribution is 2.17. The Morgan fingerprint density at radius 1 is 0.422 bits per heavy atom. The summed E-state index contributed by atoms with van der Waals surface area (Å²) in [4.78, 5) is 24.5. The van der Waals surface area contributed by atoms with E-state index in [4.69, 9.17) is 4.74 Å². The van der Waals surface area contributed by atoms with Crippen molar-refractivity contribution in [1.29, 1.82) is 0 Å². The van der Waals surface area contributed by atoms with Gasteiger partial charge in [-0.25, -0.2) is 0 Å². The van der Waals surface area contributed by atoms with Gasteiger partial charge in [0.2, 0.25) is 5.91 Å². The fraction of sp³-hybridized carbons (Fsp3) is 0.897. The Hall–Kier alpha value is -1.66. The second kappa shape index (κ2) is 54.0. The molecule has 0 aliphatic heterocycles. The van der Waals surface area contributed by atoms with Gasteiger partial charge in [-0.3, -0.25) is 9.59 Å². The predicted molar refractivity (Wildman–Crippen MR) is 278 cm³/mol. The zero-order chi connectivity index (χ0) is 46.5. The minimum atomic E-state index is -0.854. The SMILES string of the molecule is CCCC/C=C\CCCCCCCC(=O)OCCCCCCCCCCCCCCCC(=O)NC(CO)C(O)/C=C/CCCCCCCCCCCCCCCCCCCCCCC. The molecule has 0 aromatic heterocycles. The van der Waals surface area contributed by atoms with Gasteiger partial charge in [0.15, 0.2) is 0 Å². The molecule has 0 aromatic carbocycles. The number of unbranched alkanes of at least 4 members (excludes halogenated alkanes) is 40. The maximum absolute atomic E-state index is 12.5. The fourth-order valence-corrected chi connectivity index (χ4v) is 8.79. The van der Waals surface area contributed by atoms with Crippen molar-refractivity contribution < 1.29 is 24.5 Å². The van der Waals surface area contributed by atoms with Gasteiger partial charge in [-0.1, -0.05) is 269 Å². The Labute approximate surface area is 399 Å². The number of hydrogen-bond acceptors (Lipinski definition) is 5. The standard InChI is InChI=1S/C58H111NO5/c1-3-5-7-9-11-13-15-16-17-18-19-20-21-22-23-24-25-27-31-34-38-42-46-50-56(61)55(54-60)59-57(62)51-47-43-39-35-32-28-26-29-33-37-41-45-49-53-64-58(63)52-48-44-40-36-30-14-12-10-8-6-4-2/h10,12,46,50,55-56,60-61H,3-9,11,13-45,47-49,51-54H2,1-2H3,(H,59,62)/b12-10-,50-46+. The van der Waals surface area contributed by atoms with Gasteiger partial charge in [0.05, 0.1) is 25.4 Å². The van der Waals surface area contributed by atoms with Gasteiger partial charge < -0.3 is 20.3 Å². The van der Waals surface area contributed by atoms with Crippen molar-refractivity contribution >= 4 is 11.9 Å². The lowest BCUT2D eigenvalue weighted by Crippen LogP contribution is -2.45. The predicted octanol–water partition coefficient (Wildman–Crippen LogP) is 17.5. The zero-order valence-electron chi connectivity index (χ0n) is 43.0. The average Bonchev–Trinajstić information content (AvgIpc) is 3.29. The van der Waals surface area contributed by atoms with Crippen molar-refractivity contribution in [2.24, 2.45) is 0 Å². The summed E-state index contributed by atoms with van der Waals surface area (Å²) in [5, 5.41) is 23.2. The van der Waals surface area contributed by atoms with Crippen LogP contribution in [0.15, 0.2) is 24.3 Å². The molecule has 6 heteroatoms. The molecule has 64 heavy (non-hydrogen) atoms. The van der Waals surface area contributed by atoms with Crippen LogP contribution in [0.2, 0.25) is 0 Å². The first kappa shape index (κ1) is 62.3. The van der Waals surface area contributed by atoms with Gasteiger partial charge in [0.25, 0.3) is 0 Å². The lowest BCUT2D eigenvalue weighted by molar-refractivity contribution is -0.143. The summed E-state index contributed by atoms with van der Waals surface area (Å²) in [6.07, 6.45) is 64.8. The largest absolute Gasteiger partial charge is 0.466 e. The molecule has 2 unspecified atom stereocenters. The molecule has 2 atom stereocenters. The second-order valence-electron chi connectivity index (χ2n) is 19.6. The Kier molecular flexibility index (Phi) is 52.6. The summed E-state index contributed by atoms with van der Waals surface area (Å²) in [7, 11) is 0. The number of allylic oxidation sites excluding steroid dienone is 3. The molecular weight excluding hydrogens is 791 g/mol. The molecule has 0 spiro atoms. The van der Waals surface area contributed by atoms with Gasteiger partial charge >= 0.3 is 5.97 Å². The first-order chi connectivity index (χ1) is 31.5. The van der Waals surface area contributed by atoms with Crippen LogP contribution in [-0.2, 0) is 14.3 Å². The molecule has 0 aliphatic carbocycles. The fourth-order valence-electron chi connectivity index (χ4n) is 8.79. The summed E-state index contributed by atoms with van der Waals surface area (Å²) in [5.74, 6) is -0.0961. The minimum Gasteiger partial charge on any atom is -0.466 e. The average molecular weight is 903 g/mol. The van der Waals surface area contributed by atoms with Crippen LogP contribution in [0.1, 0.15) is 309 Å². The molecule has 6 nitrogen and oxygen atoms in total. The van der Waals surface area contributed by atoms with E-state index in [0.717, 1.165) is 57.8 Å². The summed E-state index contributed by atoms with van der Waals surface area (Å²) in [6.45, 7) is 4.85. The van der Waals surface area contributed by atoms with E-state index in [1.165, 1.54) is 225 Å². The maximum atomic E-state index is 12.5. The number of esters is 1. The summed E-state index contributed by atoms with van der Waals surface area (Å²) >= 11 is 0. The molecule has 0 fully saturated rings. The summed E-state index contributed by atoms with van der Waals surface area (Å²) < 4.78 is 5.44. The van der Waals surface area contributed by atoms with Crippen molar-refractivity contribution in [3.63, 3.8) is 0 Å². The number of ether oxygens (including phenoxy) is 1. The molecule has 0 saturated heterocycles. The van der Waals surface area contributed by atoms with Gasteiger partial charge in [-0.05, 0) is 51.4 Å². The quantitative estimate of drug-likeness (QED) is 0.0321. The third-order valence-electron chi connectivity index (χ3n) is 13.2. The zero-order valence-corrected chi connectivity index (χ0v) is 43.0. The summed E-state index contributed by atoms with van der Waals surface area (Å²) in [6, 6.07) is -0.638. The maximum Gasteiger partial charge on any atom is 0.305 e. The topological polar surface area (TPSA) is 95.9 Å². The van der Waals surface area contributed by atoms with E-state index in [1.54, 1.807) is 6.08 Å². The number of hydrogen-bond donors (Lipinski definition) is 3. The van der Waals surface area contributed by atoms with Crippen LogP contribution in [-0.4, -0.2) is 47.4 Å². The van der Waals surface area contributed by atoms with Crippen molar-refractivity contribution in [2.45, 2.75) is 321 Å². The van der Waals surface area contributed by atoms with Crippen LogP contribution in [0.4, 0.5) is 0 Å². The lowest BCUT2D eigenvalue weighted by atomic mass is 10.0. The van der Waals surface area contributed by atoms with E-state index in [1.807, 2.05) is 6.08 Å². The number of nitrogens with one attached hydrogen (secondary N) is 1. The minimum absolute atomic E-state index is 0.0175. The van der Waals surface area contributed by atoms with Gasteiger partial charge in [-0.15, -0.1) is 0 Å². The van der Waals surface area contributed by atoms with E-state index in [9.17, 15) is 19.8 Å². The number of aliphatic hydroxyl groups excluding tert-OH is 2. The van der Waals surface area contributed by atoms with Crippen LogP contribution in [0.3, 0.4) is 0 Å². The highest BCUT2D eigenvalue weighted by Gasteiger charge is 2.18. The molecule has 0 bridgehead atoms. The molecule has 0 saturated carbocycles. The van der Waals surface area contributed by atoms with Crippen LogP contribution < -0.4 is 5.32 Å². The first-order valence-electron chi connectivity index (χ1n) is 28.6. The van der Waals surface area contributed by atoms with Crippen molar-refractivity contribution in [3.05, 3.63) is 24.3 Å². The molecule has 0 aliphatic rings. The number of carbonyl (C=O) groups is 2. The third-order valence-corrected chi connectivity index (χ3v) is 13.2. The molecule has 3 N–H and O–H groups in total. The molecular formula is C58H111NO5. The Morgan fingerprint density at radius 2 is 0.750 bits per heavy atom. The molecule has 0 aromatic rings. The molecule has 0 heterocycles. The Balaban J connectivity index is 3.49. The highest BCUT2D eigenvalue weighted by atomic mass is 16.5. The smallest absolute Gasteiger partial charge is 0.305 e. The lowest BCUT2D eigenvalue weighted by Gasteiger charge is -2.20. The summed E-state index contributed by atoms with van der Waals surface area (Å²) in [5.41, 5.74) is 0. The van der Waals surface area contributed by atoms with Crippen LogP contribution in [0, 0.1) is 0 Å². The van der Waals surface area contributed by atoms with E-state index in [2.05, 4.69) is 31.3 Å². The molecule has 0 radical (unpaired) electrons.